The van der Waals surface area contributed by atoms with Gasteiger partial charge in [-0.05, 0) is 43.3 Å². The Bertz CT molecular complexity index is 2230. The Balaban J connectivity index is 1.41. The molecule has 3 aliphatic rings. The van der Waals surface area contributed by atoms with E-state index in [1.165, 1.54) is 0 Å². The van der Waals surface area contributed by atoms with Crippen LogP contribution in [0.1, 0.15) is 41.7 Å². The summed E-state index contributed by atoms with van der Waals surface area (Å²) in [5.41, 5.74) is 3.53. The fraction of sp³-hybridized carbons (Fsp3) is 0.265. The van der Waals surface area contributed by atoms with Gasteiger partial charge >= 0.3 is 0 Å². The summed E-state index contributed by atoms with van der Waals surface area (Å²) in [6, 6.07) is 22.7. The molecule has 11 heteroatoms. The van der Waals surface area contributed by atoms with Gasteiger partial charge < -0.3 is 33.6 Å². The van der Waals surface area contributed by atoms with Gasteiger partial charge in [-0.15, -0.1) is 4.31 Å². The number of ether oxygens (including phenoxy) is 2. The Morgan fingerprint density at radius 2 is 1.71 bits per heavy atom. The minimum Gasteiger partial charge on any atom is -0.593 e. The van der Waals surface area contributed by atoms with Crippen LogP contribution in [0.4, 0.5) is 0 Å². The molecule has 228 valence electrons. The van der Waals surface area contributed by atoms with E-state index in [0.717, 1.165) is 43.6 Å². The molecule has 2 N–H and O–H groups in total. The van der Waals surface area contributed by atoms with Crippen LogP contribution >= 0.6 is 11.6 Å². The van der Waals surface area contributed by atoms with Crippen LogP contribution in [0.15, 0.2) is 77.7 Å². The maximum Gasteiger partial charge on any atom is 0.254 e. The molecule has 1 unspecified atom stereocenters. The first-order chi connectivity index (χ1) is 21.7. The minimum absolute atomic E-state index is 0.302. The standard InChI is InChI=1S/C34H29ClN4O5S/c1-34-31(43-3)23(37(2)45(42)18-14-12-17(35)13-15-18)16-24(44-34)38-21-10-6-4-8-19(21)25-27-28(33(41)36-32(27)40)26-20-9-5-7-11-22(20)39(34)30(26)29(25)38/h4-15,23-24,31,33,41H,16H2,1-3H3,(H,36,40)/t23-,24-,31-,33-,34+,45?/m1/s1. The molecule has 2 bridgehead atoms. The number of fused-ring (bicyclic) bond motifs is 13. The second-order valence-corrected chi connectivity index (χ2v) is 14.2. The van der Waals surface area contributed by atoms with Gasteiger partial charge in [0.15, 0.2) is 16.8 Å². The topological polar surface area (TPSA) is 104 Å². The molecule has 3 aliphatic heterocycles. The first-order valence-electron chi connectivity index (χ1n) is 14.9. The lowest BCUT2D eigenvalue weighted by molar-refractivity contribution is -0.262. The lowest BCUT2D eigenvalue weighted by atomic mass is 9.93. The summed E-state index contributed by atoms with van der Waals surface area (Å²) in [5.74, 6) is -0.302. The second kappa shape index (κ2) is 9.46. The second-order valence-electron chi connectivity index (χ2n) is 12.2. The number of aromatic nitrogens is 2. The molecular formula is C34H29ClN4O5S. The summed E-state index contributed by atoms with van der Waals surface area (Å²) < 4.78 is 33.9. The number of hydrogen-bond acceptors (Lipinski definition) is 6. The number of aliphatic hydroxyl groups is 1. The summed E-state index contributed by atoms with van der Waals surface area (Å²) in [6.45, 7) is 2.03. The van der Waals surface area contributed by atoms with Crippen LogP contribution in [0.3, 0.4) is 0 Å². The Morgan fingerprint density at radius 1 is 1.04 bits per heavy atom. The quantitative estimate of drug-likeness (QED) is 0.232. The van der Waals surface area contributed by atoms with Gasteiger partial charge in [-0.25, -0.2) is 0 Å². The molecule has 1 amide bonds. The zero-order valence-electron chi connectivity index (χ0n) is 24.7. The van der Waals surface area contributed by atoms with E-state index in [1.807, 2.05) is 66.8 Å². The van der Waals surface area contributed by atoms with Crippen molar-refractivity contribution in [2.24, 2.45) is 0 Å². The van der Waals surface area contributed by atoms with Gasteiger partial charge in [0.2, 0.25) is 0 Å². The molecule has 0 spiro atoms. The molecule has 1 fully saturated rings. The van der Waals surface area contributed by atoms with Gasteiger partial charge in [0, 0.05) is 52.7 Å². The predicted molar refractivity (Wildman–Crippen MR) is 173 cm³/mol. The highest BCUT2D eigenvalue weighted by atomic mass is 35.5. The van der Waals surface area contributed by atoms with E-state index in [2.05, 4.69) is 14.5 Å². The third-order valence-electron chi connectivity index (χ3n) is 9.99. The summed E-state index contributed by atoms with van der Waals surface area (Å²) in [7, 11) is 3.52. The zero-order chi connectivity index (χ0) is 30.9. The SMILES string of the molecule is CO[C@@H]1[C@H](N(C)[S+]([O-])c2ccc(Cl)cc2)C[C@H]2O[C@]1(C)n1c3ccccc3c3c4c(c5c6ccccc6n2c5c31)C(=O)N[C@@H]4O. The monoisotopic (exact) mass is 640 g/mol. The highest BCUT2D eigenvalue weighted by Gasteiger charge is 2.56. The molecule has 9 rings (SSSR count). The van der Waals surface area contributed by atoms with E-state index in [1.54, 1.807) is 31.4 Å². The lowest BCUT2D eigenvalue weighted by Crippen LogP contribution is -2.61. The van der Waals surface area contributed by atoms with E-state index in [0.29, 0.717) is 27.5 Å². The molecule has 2 aromatic heterocycles. The van der Waals surface area contributed by atoms with Gasteiger partial charge in [-0.1, -0.05) is 48.0 Å². The average molecular weight is 641 g/mol. The number of methoxy groups -OCH3 is 1. The normalized spacial score (nSPS) is 26.3. The smallest absolute Gasteiger partial charge is 0.254 e. The summed E-state index contributed by atoms with van der Waals surface area (Å²) in [6.07, 6.45) is -1.74. The van der Waals surface area contributed by atoms with Gasteiger partial charge in [-0.2, -0.15) is 0 Å². The van der Waals surface area contributed by atoms with Crippen LogP contribution in [0.25, 0.3) is 43.6 Å². The molecule has 6 atom stereocenters. The van der Waals surface area contributed by atoms with Crippen molar-refractivity contribution >= 4 is 72.5 Å². The fourth-order valence-electron chi connectivity index (χ4n) is 8.25. The molecule has 45 heavy (non-hydrogen) atoms. The molecule has 4 aromatic carbocycles. The number of amides is 1. The van der Waals surface area contributed by atoms with Crippen LogP contribution in [-0.2, 0) is 26.6 Å². The van der Waals surface area contributed by atoms with Crippen molar-refractivity contribution in [1.82, 2.24) is 18.8 Å². The van der Waals surface area contributed by atoms with Gasteiger partial charge in [0.1, 0.15) is 12.3 Å². The highest BCUT2D eigenvalue weighted by molar-refractivity contribution is 7.89. The van der Waals surface area contributed by atoms with Crippen LogP contribution in [-0.4, -0.2) is 55.3 Å². The molecule has 0 aliphatic carbocycles. The largest absolute Gasteiger partial charge is 0.593 e. The number of carbonyl (C=O) groups excluding carboxylic acids is 1. The number of hydrogen-bond donors (Lipinski definition) is 2. The number of nitrogens with zero attached hydrogens (tertiary/aromatic N) is 3. The Labute approximate surface area is 266 Å². The number of benzene rings is 4. The van der Waals surface area contributed by atoms with E-state index >= 15 is 0 Å². The summed E-state index contributed by atoms with van der Waals surface area (Å²) >= 11 is 4.62. The molecule has 9 nitrogen and oxygen atoms in total. The molecule has 0 radical (unpaired) electrons. The lowest BCUT2D eigenvalue weighted by Gasteiger charge is -2.49. The van der Waals surface area contributed by atoms with Crippen molar-refractivity contribution in [3.63, 3.8) is 0 Å². The highest BCUT2D eigenvalue weighted by Crippen LogP contribution is 2.55. The van der Waals surface area contributed by atoms with Gasteiger partial charge in [-0.3, -0.25) is 4.79 Å². The van der Waals surface area contributed by atoms with E-state index in [9.17, 15) is 14.5 Å². The number of halogens is 1. The van der Waals surface area contributed by atoms with Crippen LogP contribution in [0.2, 0.25) is 5.02 Å². The number of carbonyl (C=O) groups is 1. The number of nitrogens with one attached hydrogen (secondary N) is 1. The minimum atomic E-state index is -1.52. The van der Waals surface area contributed by atoms with Crippen molar-refractivity contribution in [3.05, 3.63) is 88.9 Å². The Morgan fingerprint density at radius 3 is 2.42 bits per heavy atom. The molecule has 5 heterocycles. The van der Waals surface area contributed by atoms with Crippen molar-refractivity contribution in [2.75, 3.05) is 14.2 Å². The first-order valence-corrected chi connectivity index (χ1v) is 16.3. The van der Waals surface area contributed by atoms with E-state index in [4.69, 9.17) is 21.1 Å². The molecular weight excluding hydrogens is 612 g/mol. The number of likely N-dealkylation sites (N-methyl/N-ethyl adjacent to an activating group) is 1. The van der Waals surface area contributed by atoms with Gasteiger partial charge in [0.05, 0.1) is 45.0 Å². The number of rotatable bonds is 4. The maximum atomic E-state index is 14.1. The Hall–Kier alpha value is -3.61. The third-order valence-corrected chi connectivity index (χ3v) is 11.7. The third kappa shape index (κ3) is 3.45. The molecule has 1 saturated heterocycles. The number of aliphatic hydroxyl groups excluding tert-OH is 1. The van der Waals surface area contributed by atoms with Crippen molar-refractivity contribution < 1.29 is 23.9 Å². The van der Waals surface area contributed by atoms with Crippen LogP contribution in [0, 0.1) is 0 Å². The number of para-hydroxylation sites is 2. The Kier molecular flexibility index (Phi) is 5.82. The average Bonchev–Trinajstić information content (AvgIpc) is 3.65. The van der Waals surface area contributed by atoms with E-state index in [-0.39, 0.29) is 11.9 Å². The first kappa shape index (κ1) is 27.7. The summed E-state index contributed by atoms with van der Waals surface area (Å²) in [4.78, 5) is 14.2. The van der Waals surface area contributed by atoms with Crippen molar-refractivity contribution in [1.29, 1.82) is 0 Å². The molecule has 0 saturated carbocycles. The van der Waals surface area contributed by atoms with E-state index < -0.39 is 35.6 Å². The molecule has 6 aromatic rings. The maximum absolute atomic E-state index is 14.1. The fourth-order valence-corrected chi connectivity index (χ4v) is 9.52. The van der Waals surface area contributed by atoms with Crippen molar-refractivity contribution in [3.8, 4) is 0 Å². The van der Waals surface area contributed by atoms with Crippen LogP contribution < -0.4 is 5.32 Å². The van der Waals surface area contributed by atoms with Crippen LogP contribution in [0.5, 0.6) is 0 Å². The predicted octanol–water partition coefficient (Wildman–Crippen LogP) is 5.93. The zero-order valence-corrected chi connectivity index (χ0v) is 26.2. The van der Waals surface area contributed by atoms with Crippen molar-refractivity contribution in [2.45, 2.75) is 48.6 Å². The van der Waals surface area contributed by atoms with Gasteiger partial charge in [0.25, 0.3) is 5.91 Å². The summed E-state index contributed by atoms with van der Waals surface area (Å²) in [5, 5.41) is 18.1.